The molecule has 0 spiro atoms. The van der Waals surface area contributed by atoms with Crippen LogP contribution in [0.2, 0.25) is 0 Å². The number of nitrogens with one attached hydrogen (secondary N) is 1. The standard InChI is InChI=1S/C19H23N5O3/c1-2-27-19(26)17-11-13-7-8-20-15(13)12-23(17)18(25)14-5-3-4-6-16(14)24-21-9-10-22-24/h3-6,9-10,13,15,17,20H,2,7-8,11-12H2,1H3. The number of nitrogens with zero attached hydrogens (tertiary/aromatic N) is 4. The van der Waals surface area contributed by atoms with Crippen LogP contribution in [0.15, 0.2) is 36.7 Å². The van der Waals surface area contributed by atoms with Crippen molar-refractivity contribution in [3.05, 3.63) is 42.2 Å². The Labute approximate surface area is 157 Å². The van der Waals surface area contributed by atoms with Crippen LogP contribution in [-0.2, 0) is 9.53 Å². The van der Waals surface area contributed by atoms with E-state index in [4.69, 9.17) is 4.74 Å². The molecule has 3 heterocycles. The predicted octanol–water partition coefficient (Wildman–Crippen LogP) is 1.02. The molecule has 0 saturated carbocycles. The number of fused-ring (bicyclic) bond motifs is 1. The van der Waals surface area contributed by atoms with Crippen molar-refractivity contribution in [1.29, 1.82) is 0 Å². The van der Waals surface area contributed by atoms with Crippen LogP contribution in [0.25, 0.3) is 5.69 Å². The lowest BCUT2D eigenvalue weighted by Gasteiger charge is -2.40. The van der Waals surface area contributed by atoms with Crippen LogP contribution in [0.3, 0.4) is 0 Å². The summed E-state index contributed by atoms with van der Waals surface area (Å²) < 4.78 is 5.27. The molecule has 3 atom stereocenters. The highest BCUT2D eigenvalue weighted by Gasteiger charge is 2.44. The predicted molar refractivity (Wildman–Crippen MR) is 97.3 cm³/mol. The lowest BCUT2D eigenvalue weighted by atomic mass is 9.87. The third kappa shape index (κ3) is 3.32. The summed E-state index contributed by atoms with van der Waals surface area (Å²) in [6, 6.07) is 6.85. The minimum atomic E-state index is -0.558. The number of benzene rings is 1. The zero-order valence-electron chi connectivity index (χ0n) is 15.2. The molecule has 27 heavy (non-hydrogen) atoms. The Morgan fingerprint density at radius 2 is 2.04 bits per heavy atom. The highest BCUT2D eigenvalue weighted by molar-refractivity contribution is 6.00. The maximum absolute atomic E-state index is 13.4. The molecule has 3 unspecified atom stereocenters. The third-order valence-electron chi connectivity index (χ3n) is 5.37. The van der Waals surface area contributed by atoms with Crippen LogP contribution in [0.4, 0.5) is 0 Å². The average Bonchev–Trinajstić information content (AvgIpc) is 3.38. The summed E-state index contributed by atoms with van der Waals surface area (Å²) in [5, 5.41) is 11.7. The summed E-state index contributed by atoms with van der Waals surface area (Å²) in [6.07, 6.45) is 4.79. The molecule has 8 nitrogen and oxygen atoms in total. The number of hydrogen-bond donors (Lipinski definition) is 1. The van der Waals surface area contributed by atoms with E-state index >= 15 is 0 Å². The van der Waals surface area contributed by atoms with E-state index in [1.54, 1.807) is 42.4 Å². The van der Waals surface area contributed by atoms with Gasteiger partial charge in [0.15, 0.2) is 0 Å². The Morgan fingerprint density at radius 1 is 1.26 bits per heavy atom. The Bertz CT molecular complexity index is 823. The highest BCUT2D eigenvalue weighted by atomic mass is 16.5. The SMILES string of the molecule is CCOC(=O)C1CC2CCNC2CN1C(=O)c1ccccc1-n1nccn1. The maximum Gasteiger partial charge on any atom is 0.328 e. The number of piperidine rings is 1. The molecule has 4 rings (SSSR count). The molecule has 0 aliphatic carbocycles. The van der Waals surface area contributed by atoms with Crippen molar-refractivity contribution in [1.82, 2.24) is 25.2 Å². The monoisotopic (exact) mass is 369 g/mol. The van der Waals surface area contributed by atoms with Gasteiger partial charge in [-0.05, 0) is 44.4 Å². The largest absolute Gasteiger partial charge is 0.464 e. The molecule has 142 valence electrons. The molecule has 2 aromatic rings. The molecule has 8 heteroatoms. The first-order chi connectivity index (χ1) is 13.2. The van der Waals surface area contributed by atoms with Crippen LogP contribution in [0.5, 0.6) is 0 Å². The number of likely N-dealkylation sites (tertiary alicyclic amines) is 1. The molecule has 1 aromatic heterocycles. The van der Waals surface area contributed by atoms with Gasteiger partial charge in [-0.2, -0.15) is 15.0 Å². The van der Waals surface area contributed by atoms with Gasteiger partial charge in [0.1, 0.15) is 6.04 Å². The van der Waals surface area contributed by atoms with E-state index in [0.29, 0.717) is 36.7 Å². The first-order valence-corrected chi connectivity index (χ1v) is 9.35. The highest BCUT2D eigenvalue weighted by Crippen LogP contribution is 2.31. The Morgan fingerprint density at radius 3 is 2.81 bits per heavy atom. The number of rotatable bonds is 4. The van der Waals surface area contributed by atoms with Crippen molar-refractivity contribution < 1.29 is 14.3 Å². The molecule has 1 aromatic carbocycles. The molecule has 1 amide bonds. The number of carbonyl (C=O) groups excluding carboxylic acids is 2. The molecular formula is C19H23N5O3. The summed E-state index contributed by atoms with van der Waals surface area (Å²) >= 11 is 0. The van der Waals surface area contributed by atoms with Crippen molar-refractivity contribution in [2.45, 2.75) is 31.8 Å². The van der Waals surface area contributed by atoms with Crippen LogP contribution >= 0.6 is 0 Å². The van der Waals surface area contributed by atoms with Gasteiger partial charge in [-0.15, -0.1) is 0 Å². The number of ether oxygens (including phenoxy) is 1. The molecule has 0 bridgehead atoms. The smallest absolute Gasteiger partial charge is 0.328 e. The van der Waals surface area contributed by atoms with Gasteiger partial charge in [0.2, 0.25) is 0 Å². The first-order valence-electron chi connectivity index (χ1n) is 9.35. The summed E-state index contributed by atoms with van der Waals surface area (Å²) in [5.41, 5.74) is 1.07. The fraction of sp³-hybridized carbons (Fsp3) is 0.474. The fourth-order valence-electron chi connectivity index (χ4n) is 4.08. The van der Waals surface area contributed by atoms with Gasteiger partial charge in [-0.3, -0.25) is 4.79 Å². The number of carbonyl (C=O) groups is 2. The number of amides is 1. The van der Waals surface area contributed by atoms with Gasteiger partial charge < -0.3 is 15.0 Å². The van der Waals surface area contributed by atoms with E-state index in [9.17, 15) is 9.59 Å². The Hall–Kier alpha value is -2.74. The second kappa shape index (κ2) is 7.48. The van der Waals surface area contributed by atoms with Crippen LogP contribution in [0, 0.1) is 5.92 Å². The molecule has 0 radical (unpaired) electrons. The fourth-order valence-corrected chi connectivity index (χ4v) is 4.08. The zero-order valence-corrected chi connectivity index (χ0v) is 15.2. The van der Waals surface area contributed by atoms with E-state index in [1.165, 1.54) is 4.80 Å². The minimum Gasteiger partial charge on any atom is -0.464 e. The first kappa shape index (κ1) is 17.7. The second-order valence-corrected chi connectivity index (χ2v) is 6.91. The van der Waals surface area contributed by atoms with Crippen LogP contribution in [0.1, 0.15) is 30.1 Å². The van der Waals surface area contributed by atoms with Crippen LogP contribution in [-0.4, -0.2) is 63.6 Å². The van der Waals surface area contributed by atoms with Gasteiger partial charge >= 0.3 is 5.97 Å². The Kier molecular flexibility index (Phi) is 4.89. The number of para-hydroxylation sites is 1. The van der Waals surface area contributed by atoms with Crippen molar-refractivity contribution in [3.8, 4) is 5.69 Å². The van der Waals surface area contributed by atoms with Gasteiger partial charge in [0, 0.05) is 12.6 Å². The van der Waals surface area contributed by atoms with Crippen molar-refractivity contribution in [2.75, 3.05) is 19.7 Å². The summed E-state index contributed by atoms with van der Waals surface area (Å²) in [7, 11) is 0. The van der Waals surface area contributed by atoms with Crippen molar-refractivity contribution in [2.24, 2.45) is 5.92 Å². The van der Waals surface area contributed by atoms with Gasteiger partial charge in [0.25, 0.3) is 5.91 Å². The molecule has 2 aliphatic heterocycles. The van der Waals surface area contributed by atoms with E-state index in [1.807, 2.05) is 6.07 Å². The van der Waals surface area contributed by atoms with Crippen molar-refractivity contribution in [3.63, 3.8) is 0 Å². The van der Waals surface area contributed by atoms with E-state index in [0.717, 1.165) is 13.0 Å². The van der Waals surface area contributed by atoms with Gasteiger partial charge in [0.05, 0.1) is 30.3 Å². The molecule has 2 saturated heterocycles. The van der Waals surface area contributed by atoms with Gasteiger partial charge in [-0.25, -0.2) is 4.79 Å². The maximum atomic E-state index is 13.4. The van der Waals surface area contributed by atoms with E-state index in [-0.39, 0.29) is 17.9 Å². The second-order valence-electron chi connectivity index (χ2n) is 6.91. The summed E-state index contributed by atoms with van der Waals surface area (Å²) in [4.78, 5) is 29.1. The normalized spacial score (nSPS) is 24.5. The number of aromatic nitrogens is 3. The molecule has 2 aliphatic rings. The lowest BCUT2D eigenvalue weighted by molar-refractivity contribution is -0.150. The molecular weight excluding hydrogens is 346 g/mol. The quantitative estimate of drug-likeness (QED) is 0.810. The topological polar surface area (TPSA) is 89.4 Å². The Balaban J connectivity index is 1.67. The van der Waals surface area contributed by atoms with Gasteiger partial charge in [-0.1, -0.05) is 12.1 Å². The van der Waals surface area contributed by atoms with E-state index in [2.05, 4.69) is 15.5 Å². The number of esters is 1. The zero-order chi connectivity index (χ0) is 18.8. The molecule has 1 N–H and O–H groups in total. The third-order valence-corrected chi connectivity index (χ3v) is 5.37. The van der Waals surface area contributed by atoms with Crippen LogP contribution < -0.4 is 5.32 Å². The summed E-state index contributed by atoms with van der Waals surface area (Å²) in [6.45, 7) is 3.50. The lowest BCUT2D eigenvalue weighted by Crippen LogP contribution is -2.57. The van der Waals surface area contributed by atoms with E-state index < -0.39 is 6.04 Å². The minimum absolute atomic E-state index is 0.201. The number of hydrogen-bond acceptors (Lipinski definition) is 6. The van der Waals surface area contributed by atoms with Crippen molar-refractivity contribution >= 4 is 11.9 Å². The summed E-state index contributed by atoms with van der Waals surface area (Å²) in [5.74, 6) is -0.134. The molecule has 2 fully saturated rings. The average molecular weight is 369 g/mol.